The highest BCUT2D eigenvalue weighted by Crippen LogP contribution is 2.29. The van der Waals surface area contributed by atoms with Gasteiger partial charge in [-0.1, -0.05) is 36.4 Å². The van der Waals surface area contributed by atoms with Crippen molar-refractivity contribution in [3.05, 3.63) is 113 Å². The second-order valence-electron chi connectivity index (χ2n) is 8.90. The molecule has 4 heterocycles. The molecule has 1 atom stereocenters. The highest BCUT2D eigenvalue weighted by Gasteiger charge is 2.28. The molecule has 1 aromatic carbocycles. The number of carbonyl (C=O) groups is 1. The highest BCUT2D eigenvalue weighted by molar-refractivity contribution is 5.96. The first kappa shape index (κ1) is 22.7. The molecular formula is C29H28N4O2. The van der Waals surface area contributed by atoms with Crippen LogP contribution in [0.5, 0.6) is 11.6 Å². The Bertz CT molecular complexity index is 1290. The number of ether oxygens (including phenoxy) is 1. The van der Waals surface area contributed by atoms with E-state index in [1.165, 1.54) is 5.56 Å². The Hall–Kier alpha value is -4.06. The Kier molecular flexibility index (Phi) is 6.80. The Morgan fingerprint density at radius 2 is 1.89 bits per heavy atom. The number of carbonyl (C=O) groups excluding carboxylic acids is 1. The van der Waals surface area contributed by atoms with Crippen molar-refractivity contribution in [2.24, 2.45) is 0 Å². The van der Waals surface area contributed by atoms with Gasteiger partial charge in [-0.05, 0) is 61.7 Å². The third-order valence-electron chi connectivity index (χ3n) is 6.28. The average Bonchev–Trinajstić information content (AvgIpc) is 2.91. The van der Waals surface area contributed by atoms with E-state index in [-0.39, 0.29) is 11.8 Å². The molecule has 1 aliphatic rings. The third-order valence-corrected chi connectivity index (χ3v) is 6.28. The molecule has 0 unspecified atom stereocenters. The van der Waals surface area contributed by atoms with Gasteiger partial charge in [0.05, 0.1) is 6.20 Å². The molecule has 4 aromatic rings. The minimum atomic E-state index is -0.0710. The van der Waals surface area contributed by atoms with Crippen LogP contribution < -0.4 is 4.74 Å². The lowest BCUT2D eigenvalue weighted by Crippen LogP contribution is -2.39. The summed E-state index contributed by atoms with van der Waals surface area (Å²) in [7, 11) is 0. The number of hydrogen-bond donors (Lipinski definition) is 0. The number of hydrogen-bond acceptors (Lipinski definition) is 5. The molecule has 0 radical (unpaired) electrons. The second kappa shape index (κ2) is 10.5. The summed E-state index contributed by atoms with van der Waals surface area (Å²) in [6.45, 7) is 3.25. The van der Waals surface area contributed by atoms with Crippen molar-refractivity contribution in [1.29, 1.82) is 0 Å². The first-order chi connectivity index (χ1) is 17.2. The van der Waals surface area contributed by atoms with E-state index >= 15 is 0 Å². The molecule has 3 aromatic heterocycles. The number of amides is 1. The number of pyridine rings is 3. The van der Waals surface area contributed by atoms with Crippen LogP contribution in [0, 0.1) is 6.92 Å². The van der Waals surface area contributed by atoms with E-state index in [9.17, 15) is 4.79 Å². The van der Waals surface area contributed by atoms with Gasteiger partial charge in [-0.2, -0.15) is 0 Å². The maximum absolute atomic E-state index is 13.5. The largest absolute Gasteiger partial charge is 0.437 e. The summed E-state index contributed by atoms with van der Waals surface area (Å²) >= 11 is 0. The fourth-order valence-electron chi connectivity index (χ4n) is 4.46. The summed E-state index contributed by atoms with van der Waals surface area (Å²) in [5.74, 6) is 0.983. The molecule has 0 spiro atoms. The van der Waals surface area contributed by atoms with Crippen molar-refractivity contribution >= 4 is 5.91 Å². The normalized spacial score (nSPS) is 15.6. The summed E-state index contributed by atoms with van der Waals surface area (Å²) in [6, 6.07) is 23.8. The van der Waals surface area contributed by atoms with Crippen LogP contribution in [0.1, 0.15) is 51.8 Å². The van der Waals surface area contributed by atoms with Crippen LogP contribution in [-0.4, -0.2) is 38.8 Å². The fourth-order valence-corrected chi connectivity index (χ4v) is 4.46. The lowest BCUT2D eigenvalue weighted by Gasteiger charge is -2.33. The average molecular weight is 465 g/mol. The van der Waals surface area contributed by atoms with Crippen molar-refractivity contribution in [3.63, 3.8) is 0 Å². The van der Waals surface area contributed by atoms with Crippen molar-refractivity contribution in [3.8, 4) is 11.6 Å². The Morgan fingerprint density at radius 1 is 1.00 bits per heavy atom. The topological polar surface area (TPSA) is 68.2 Å². The molecule has 0 N–H and O–H groups in total. The van der Waals surface area contributed by atoms with Crippen LogP contribution in [0.2, 0.25) is 0 Å². The van der Waals surface area contributed by atoms with E-state index in [2.05, 4.69) is 52.4 Å². The van der Waals surface area contributed by atoms with E-state index in [1.54, 1.807) is 24.5 Å². The van der Waals surface area contributed by atoms with E-state index in [1.807, 2.05) is 30.0 Å². The summed E-state index contributed by atoms with van der Waals surface area (Å²) in [6.07, 6.45) is 6.02. The molecule has 1 amide bonds. The molecule has 1 aliphatic heterocycles. The van der Waals surface area contributed by atoms with Crippen molar-refractivity contribution < 1.29 is 9.53 Å². The van der Waals surface area contributed by atoms with Crippen LogP contribution in [-0.2, 0) is 6.42 Å². The van der Waals surface area contributed by atoms with Gasteiger partial charge in [-0.15, -0.1) is 0 Å². The summed E-state index contributed by atoms with van der Waals surface area (Å²) < 4.78 is 5.93. The van der Waals surface area contributed by atoms with Gasteiger partial charge in [0.1, 0.15) is 11.3 Å². The minimum Gasteiger partial charge on any atom is -0.437 e. The number of likely N-dealkylation sites (tertiary alicyclic amines) is 1. The van der Waals surface area contributed by atoms with E-state index in [0.717, 1.165) is 36.3 Å². The molecule has 176 valence electrons. The Morgan fingerprint density at radius 3 is 2.71 bits per heavy atom. The highest BCUT2D eigenvalue weighted by atomic mass is 16.5. The monoisotopic (exact) mass is 464 g/mol. The molecule has 35 heavy (non-hydrogen) atoms. The van der Waals surface area contributed by atoms with Gasteiger partial charge in [0.2, 0.25) is 5.88 Å². The van der Waals surface area contributed by atoms with Crippen molar-refractivity contribution in [2.45, 2.75) is 32.1 Å². The van der Waals surface area contributed by atoms with Crippen LogP contribution in [0.25, 0.3) is 0 Å². The van der Waals surface area contributed by atoms with Crippen LogP contribution >= 0.6 is 0 Å². The van der Waals surface area contributed by atoms with Gasteiger partial charge in [-0.3, -0.25) is 14.8 Å². The zero-order chi connectivity index (χ0) is 24.0. The van der Waals surface area contributed by atoms with Crippen LogP contribution in [0.4, 0.5) is 0 Å². The Labute approximate surface area is 205 Å². The first-order valence-electron chi connectivity index (χ1n) is 12.0. The molecule has 0 saturated carbocycles. The fraction of sp³-hybridized carbons (Fsp3) is 0.241. The SMILES string of the molecule is Cc1ccc(Oc2ncccc2C(=O)N2CCC[C@@H](c3cccc(Cc4ccccc4)n3)C2)cn1. The maximum atomic E-state index is 13.5. The zero-order valence-corrected chi connectivity index (χ0v) is 19.8. The van der Waals surface area contributed by atoms with Gasteiger partial charge in [0.25, 0.3) is 5.91 Å². The predicted molar refractivity (Wildman–Crippen MR) is 135 cm³/mol. The summed E-state index contributed by atoms with van der Waals surface area (Å²) in [5.41, 5.74) is 4.69. The van der Waals surface area contributed by atoms with Crippen LogP contribution in [0.15, 0.2) is 85.2 Å². The molecule has 6 heteroatoms. The summed E-state index contributed by atoms with van der Waals surface area (Å²) in [4.78, 5) is 29.0. The van der Waals surface area contributed by atoms with E-state index in [4.69, 9.17) is 9.72 Å². The number of benzene rings is 1. The standard InChI is InChI=1S/C29H28N4O2/c1-21-14-15-25(19-31-21)35-28-26(12-6-16-30-28)29(34)33-17-7-10-23(20-33)27-13-5-11-24(32-27)18-22-8-3-2-4-9-22/h2-6,8-9,11-16,19,23H,7,10,17-18,20H2,1H3/t23-/m1/s1. The first-order valence-corrected chi connectivity index (χ1v) is 12.0. The maximum Gasteiger partial charge on any atom is 0.259 e. The van der Waals surface area contributed by atoms with E-state index in [0.29, 0.717) is 30.3 Å². The lowest BCUT2D eigenvalue weighted by molar-refractivity contribution is 0.0702. The van der Waals surface area contributed by atoms with Gasteiger partial charge >= 0.3 is 0 Å². The minimum absolute atomic E-state index is 0.0710. The second-order valence-corrected chi connectivity index (χ2v) is 8.90. The predicted octanol–water partition coefficient (Wildman–Crippen LogP) is 5.58. The molecular weight excluding hydrogens is 436 g/mol. The third kappa shape index (κ3) is 5.54. The molecule has 1 saturated heterocycles. The van der Waals surface area contributed by atoms with Crippen LogP contribution in [0.3, 0.4) is 0 Å². The number of nitrogens with zero attached hydrogens (tertiary/aromatic N) is 4. The quantitative estimate of drug-likeness (QED) is 0.372. The molecule has 1 fully saturated rings. The number of aromatic nitrogens is 3. The van der Waals surface area contributed by atoms with Crippen molar-refractivity contribution in [1.82, 2.24) is 19.9 Å². The van der Waals surface area contributed by atoms with Gasteiger partial charge < -0.3 is 9.64 Å². The molecule has 0 bridgehead atoms. The number of piperidine rings is 1. The number of rotatable bonds is 6. The Balaban J connectivity index is 1.31. The molecule has 5 rings (SSSR count). The molecule has 0 aliphatic carbocycles. The molecule has 6 nitrogen and oxygen atoms in total. The van der Waals surface area contributed by atoms with Gasteiger partial charge in [0.15, 0.2) is 0 Å². The lowest BCUT2D eigenvalue weighted by atomic mass is 9.93. The number of aryl methyl sites for hydroxylation is 1. The smallest absolute Gasteiger partial charge is 0.259 e. The van der Waals surface area contributed by atoms with Crippen molar-refractivity contribution in [2.75, 3.05) is 13.1 Å². The van der Waals surface area contributed by atoms with Gasteiger partial charge in [0, 0.05) is 48.7 Å². The zero-order valence-electron chi connectivity index (χ0n) is 19.8. The summed E-state index contributed by atoms with van der Waals surface area (Å²) in [5, 5.41) is 0. The van der Waals surface area contributed by atoms with E-state index < -0.39 is 0 Å². The van der Waals surface area contributed by atoms with Gasteiger partial charge in [-0.25, -0.2) is 4.98 Å².